The van der Waals surface area contributed by atoms with Gasteiger partial charge < -0.3 is 16.2 Å². The van der Waals surface area contributed by atoms with Crippen LogP contribution in [0.4, 0.5) is 11.4 Å². The number of carbonyl (C=O) groups is 1. The second-order valence-corrected chi connectivity index (χ2v) is 4.82. The van der Waals surface area contributed by atoms with Gasteiger partial charge in [-0.15, -0.1) is 0 Å². The van der Waals surface area contributed by atoms with E-state index in [0.717, 1.165) is 6.07 Å². The van der Waals surface area contributed by atoms with E-state index in [4.69, 9.17) is 15.4 Å². The highest BCUT2D eigenvalue weighted by molar-refractivity contribution is 7.86. The summed E-state index contributed by atoms with van der Waals surface area (Å²) in [5.41, 5.74) is 5.65. The Balaban J connectivity index is 3.22. The Hall–Kier alpha value is -1.80. The zero-order valence-electron chi connectivity index (χ0n) is 8.91. The van der Waals surface area contributed by atoms with Gasteiger partial charge in [0, 0.05) is 5.69 Å². The van der Waals surface area contributed by atoms with Crippen LogP contribution < -0.4 is 11.1 Å². The van der Waals surface area contributed by atoms with E-state index in [1.807, 2.05) is 0 Å². The molecule has 0 heterocycles. The van der Waals surface area contributed by atoms with Gasteiger partial charge in [-0.3, -0.25) is 9.35 Å². The monoisotopic (exact) mass is 260 g/mol. The molecule has 0 aliphatic heterocycles. The number of nitrogens with one attached hydrogen (secondary N) is 1. The average Bonchev–Trinajstić information content (AvgIpc) is 2.15. The quantitative estimate of drug-likeness (QED) is 0.455. The van der Waals surface area contributed by atoms with Gasteiger partial charge in [0.05, 0.1) is 5.69 Å². The molecule has 0 fully saturated rings. The molecule has 1 unspecified atom stereocenters. The zero-order valence-corrected chi connectivity index (χ0v) is 9.73. The Bertz CT molecular complexity index is 540. The van der Waals surface area contributed by atoms with Crippen LogP contribution in [0.25, 0.3) is 0 Å². The van der Waals surface area contributed by atoms with Gasteiger partial charge in [0.25, 0.3) is 10.1 Å². The molecule has 1 aromatic carbocycles. The summed E-state index contributed by atoms with van der Waals surface area (Å²) < 4.78 is 31.0. The number of anilines is 2. The molecule has 0 aliphatic carbocycles. The minimum absolute atomic E-state index is 0.0533. The molecule has 1 atom stereocenters. The normalized spacial score (nSPS) is 13.1. The number of benzene rings is 1. The number of hydrogen-bond donors (Lipinski definition) is 4. The van der Waals surface area contributed by atoms with Crippen LogP contribution in [0.5, 0.6) is 0 Å². The van der Waals surface area contributed by atoms with Crippen molar-refractivity contribution < 1.29 is 22.9 Å². The Kier molecular flexibility index (Phi) is 3.59. The summed E-state index contributed by atoms with van der Waals surface area (Å²) in [5.74, 6) is -1.16. The fourth-order valence-corrected chi connectivity index (χ4v) is 1.82. The van der Waals surface area contributed by atoms with Crippen LogP contribution >= 0.6 is 0 Å². The van der Waals surface area contributed by atoms with Crippen LogP contribution in [0.2, 0.25) is 0 Å². The number of aliphatic carboxylic acids is 1. The molecule has 0 saturated carbocycles. The van der Waals surface area contributed by atoms with Gasteiger partial charge >= 0.3 is 5.97 Å². The number of carboxylic acids is 1. The maximum Gasteiger partial charge on any atom is 0.325 e. The minimum atomic E-state index is -4.43. The zero-order chi connectivity index (χ0) is 13.2. The van der Waals surface area contributed by atoms with E-state index >= 15 is 0 Å². The van der Waals surface area contributed by atoms with Gasteiger partial charge in [-0.2, -0.15) is 8.42 Å². The molecule has 5 N–H and O–H groups in total. The molecule has 8 heteroatoms. The molecule has 17 heavy (non-hydrogen) atoms. The number of nitrogen functional groups attached to an aromatic ring is 1. The van der Waals surface area contributed by atoms with E-state index in [1.165, 1.54) is 19.1 Å². The first-order chi connectivity index (χ1) is 7.71. The lowest BCUT2D eigenvalue weighted by molar-refractivity contribution is -0.137. The molecule has 94 valence electrons. The molecule has 0 aliphatic rings. The number of rotatable bonds is 4. The number of hydrogen-bond acceptors (Lipinski definition) is 5. The van der Waals surface area contributed by atoms with Crippen molar-refractivity contribution in [2.75, 3.05) is 11.1 Å². The van der Waals surface area contributed by atoms with Crippen molar-refractivity contribution in [1.82, 2.24) is 0 Å². The fraction of sp³-hybridized carbons (Fsp3) is 0.222. The second kappa shape index (κ2) is 4.60. The van der Waals surface area contributed by atoms with Crippen molar-refractivity contribution in [3.63, 3.8) is 0 Å². The van der Waals surface area contributed by atoms with Crippen molar-refractivity contribution in [3.05, 3.63) is 18.2 Å². The van der Waals surface area contributed by atoms with Crippen LogP contribution in [0.3, 0.4) is 0 Å². The first kappa shape index (κ1) is 13.3. The van der Waals surface area contributed by atoms with Crippen LogP contribution in [0, 0.1) is 0 Å². The first-order valence-corrected chi connectivity index (χ1v) is 6.02. The molecule has 0 radical (unpaired) electrons. The number of carboxylic acid groups (broad SMARTS) is 1. The molecule has 0 spiro atoms. The topological polar surface area (TPSA) is 130 Å². The van der Waals surface area contributed by atoms with Gasteiger partial charge in [-0.25, -0.2) is 0 Å². The molecular weight excluding hydrogens is 248 g/mol. The molecule has 1 rings (SSSR count). The van der Waals surface area contributed by atoms with E-state index in [1.54, 1.807) is 0 Å². The predicted octanol–water partition coefficient (Wildman–Crippen LogP) is 0.400. The lowest BCUT2D eigenvalue weighted by Crippen LogP contribution is -2.26. The van der Waals surface area contributed by atoms with Crippen LogP contribution in [-0.2, 0) is 14.9 Å². The van der Waals surface area contributed by atoms with Crippen molar-refractivity contribution in [3.8, 4) is 0 Å². The average molecular weight is 260 g/mol. The largest absolute Gasteiger partial charge is 0.480 e. The summed E-state index contributed by atoms with van der Waals surface area (Å²) in [6.45, 7) is 1.33. The van der Waals surface area contributed by atoms with Gasteiger partial charge in [0.15, 0.2) is 0 Å². The fourth-order valence-electron chi connectivity index (χ4n) is 1.18. The van der Waals surface area contributed by atoms with Gasteiger partial charge in [-0.05, 0) is 25.1 Å². The standard InChI is InChI=1S/C9H12N2O5S/c1-5(9(12)13)11-7-4-6(10)2-3-8(7)17(14,15)16/h2-5,11H,10H2,1H3,(H,12,13)(H,14,15,16). The Morgan fingerprint density at radius 3 is 2.53 bits per heavy atom. The molecular formula is C9H12N2O5S. The Morgan fingerprint density at radius 2 is 2.06 bits per heavy atom. The first-order valence-electron chi connectivity index (χ1n) is 4.58. The van der Waals surface area contributed by atoms with E-state index < -0.39 is 27.0 Å². The summed E-state index contributed by atoms with van der Waals surface area (Å²) in [4.78, 5) is 10.2. The summed E-state index contributed by atoms with van der Waals surface area (Å²) in [6.07, 6.45) is 0. The minimum Gasteiger partial charge on any atom is -0.480 e. The van der Waals surface area contributed by atoms with Crippen molar-refractivity contribution in [2.45, 2.75) is 17.9 Å². The molecule has 7 nitrogen and oxygen atoms in total. The van der Waals surface area contributed by atoms with Gasteiger partial charge in [0.2, 0.25) is 0 Å². The predicted molar refractivity (Wildman–Crippen MR) is 61.4 cm³/mol. The third-order valence-electron chi connectivity index (χ3n) is 2.02. The second-order valence-electron chi connectivity index (χ2n) is 3.43. The molecule has 0 aromatic heterocycles. The lowest BCUT2D eigenvalue weighted by atomic mass is 10.2. The number of nitrogens with two attached hydrogens (primary N) is 1. The molecule has 1 aromatic rings. The third-order valence-corrected chi connectivity index (χ3v) is 2.94. The van der Waals surface area contributed by atoms with E-state index in [0.29, 0.717) is 0 Å². The highest BCUT2D eigenvalue weighted by Crippen LogP contribution is 2.24. The van der Waals surface area contributed by atoms with Gasteiger partial charge in [-0.1, -0.05) is 0 Å². The smallest absolute Gasteiger partial charge is 0.325 e. The third kappa shape index (κ3) is 3.33. The molecule has 0 saturated heterocycles. The molecule has 0 amide bonds. The highest BCUT2D eigenvalue weighted by Gasteiger charge is 2.19. The maximum atomic E-state index is 11.0. The molecule has 0 bridgehead atoms. The van der Waals surface area contributed by atoms with Crippen LogP contribution in [0.1, 0.15) is 6.92 Å². The van der Waals surface area contributed by atoms with E-state index in [9.17, 15) is 13.2 Å². The van der Waals surface area contributed by atoms with Crippen LogP contribution in [-0.4, -0.2) is 30.1 Å². The highest BCUT2D eigenvalue weighted by atomic mass is 32.2. The van der Waals surface area contributed by atoms with Crippen molar-refractivity contribution >= 4 is 27.5 Å². The lowest BCUT2D eigenvalue weighted by Gasteiger charge is -2.14. The van der Waals surface area contributed by atoms with Gasteiger partial charge in [0.1, 0.15) is 10.9 Å². The Morgan fingerprint density at radius 1 is 1.47 bits per heavy atom. The SMILES string of the molecule is CC(Nc1cc(N)ccc1S(=O)(=O)O)C(=O)O. The van der Waals surface area contributed by atoms with E-state index in [-0.39, 0.29) is 11.4 Å². The summed E-state index contributed by atoms with van der Waals surface area (Å²) in [5, 5.41) is 11.1. The van der Waals surface area contributed by atoms with E-state index in [2.05, 4.69) is 5.32 Å². The van der Waals surface area contributed by atoms with Crippen LogP contribution in [0.15, 0.2) is 23.1 Å². The summed E-state index contributed by atoms with van der Waals surface area (Å²) in [6, 6.07) is 2.61. The summed E-state index contributed by atoms with van der Waals surface area (Å²) >= 11 is 0. The summed E-state index contributed by atoms with van der Waals surface area (Å²) in [7, 11) is -4.43. The maximum absolute atomic E-state index is 11.0. The van der Waals surface area contributed by atoms with Crippen molar-refractivity contribution in [2.24, 2.45) is 0 Å². The van der Waals surface area contributed by atoms with Crippen molar-refractivity contribution in [1.29, 1.82) is 0 Å². The Labute approximate surface area is 98.0 Å².